The van der Waals surface area contributed by atoms with Crippen LogP contribution in [0.25, 0.3) is 10.9 Å². The van der Waals surface area contributed by atoms with Gasteiger partial charge in [-0.15, -0.1) is 0 Å². The molecule has 0 radical (unpaired) electrons. The van der Waals surface area contributed by atoms with Crippen LogP contribution in [0.1, 0.15) is 46.5 Å². The van der Waals surface area contributed by atoms with E-state index in [1.54, 1.807) is 4.57 Å². The van der Waals surface area contributed by atoms with E-state index < -0.39 is 22.8 Å². The van der Waals surface area contributed by atoms with Crippen LogP contribution in [-0.2, 0) is 0 Å². The van der Waals surface area contributed by atoms with Crippen LogP contribution >= 0.6 is 0 Å². The Kier molecular flexibility index (Phi) is 11.3. The zero-order chi connectivity index (χ0) is 19.3. The Balaban J connectivity index is 0. The van der Waals surface area contributed by atoms with Gasteiger partial charge in [0.15, 0.2) is 6.29 Å². The first-order valence-electron chi connectivity index (χ1n) is 9.00. The number of aromatic nitrogens is 1. The number of anilines is 1. The Bertz CT molecular complexity index is 1020. The highest BCUT2D eigenvalue weighted by Crippen LogP contribution is 2.39. The van der Waals surface area contributed by atoms with E-state index in [1.165, 1.54) is 6.20 Å². The number of carbonyl (C=O) groups is 2. The van der Waals surface area contributed by atoms with E-state index in [9.17, 15) is 19.5 Å². The normalized spacial score (nSPS) is 16.9. The van der Waals surface area contributed by atoms with Crippen LogP contribution in [0.15, 0.2) is 17.1 Å². The van der Waals surface area contributed by atoms with Crippen molar-refractivity contribution >= 4 is 28.8 Å². The molecule has 1 atom stereocenters. The second kappa shape index (κ2) is 11.6. The highest BCUT2D eigenvalue weighted by Gasteiger charge is 2.31. The van der Waals surface area contributed by atoms with E-state index in [2.05, 4.69) is 5.32 Å². The molecule has 1 saturated carbocycles. The van der Waals surface area contributed by atoms with Crippen molar-refractivity contribution in [2.24, 2.45) is 0 Å². The predicted octanol–water partition coefficient (Wildman–Crippen LogP) is -2.34. The average molecular weight is 463 g/mol. The van der Waals surface area contributed by atoms with Gasteiger partial charge in [-0.3, -0.25) is 9.59 Å². The number of carboxylic acid groups (broad SMARTS) is 1. The van der Waals surface area contributed by atoms with Crippen LogP contribution in [0, 0.1) is 5.82 Å². The number of carboxylic acids is 1. The van der Waals surface area contributed by atoms with Gasteiger partial charge in [0.1, 0.15) is 11.4 Å². The first-order chi connectivity index (χ1) is 12.9. The fourth-order valence-electron chi connectivity index (χ4n) is 3.87. The molecular weight excluding hydrogens is 433 g/mol. The van der Waals surface area contributed by atoms with Crippen molar-refractivity contribution < 1.29 is 46.5 Å². The maximum absolute atomic E-state index is 15.0. The van der Waals surface area contributed by atoms with Crippen molar-refractivity contribution in [1.29, 1.82) is 0 Å². The first-order valence-corrected chi connectivity index (χ1v) is 9.00. The molecule has 2 fully saturated rings. The van der Waals surface area contributed by atoms with Gasteiger partial charge in [0.2, 0.25) is 5.43 Å². The number of benzene rings is 1. The van der Waals surface area contributed by atoms with Gasteiger partial charge in [-0.1, -0.05) is 0 Å². The molecule has 0 spiro atoms. The Labute approximate surface area is 181 Å². The molecule has 2 aromatic rings. The summed E-state index contributed by atoms with van der Waals surface area (Å²) in [7, 11) is 0. The number of fused-ring (bicyclic) bond motifs is 1. The number of nitrogens with one attached hydrogen (secondary N) is 1. The molecule has 2 aliphatic rings. The number of carbonyl (C=O) groups excluding carboxylic acids is 1. The molecule has 182 valence electrons. The van der Waals surface area contributed by atoms with E-state index in [4.69, 9.17) is 0 Å². The minimum absolute atomic E-state index is 0. The summed E-state index contributed by atoms with van der Waals surface area (Å²) in [6.45, 7) is 3.70. The molecule has 13 heteroatoms. The maximum Gasteiger partial charge on any atom is 0.341 e. The summed E-state index contributed by atoms with van der Waals surface area (Å²) in [5.41, 5.74) is -0.557. The van der Waals surface area contributed by atoms with E-state index >= 15 is 4.39 Å². The van der Waals surface area contributed by atoms with Gasteiger partial charge in [0.25, 0.3) is 0 Å². The third kappa shape index (κ3) is 5.09. The van der Waals surface area contributed by atoms with Crippen molar-refractivity contribution in [3.8, 4) is 0 Å². The molecule has 1 unspecified atom stereocenters. The van der Waals surface area contributed by atoms with Crippen molar-refractivity contribution in [3.05, 3.63) is 39.4 Å². The van der Waals surface area contributed by atoms with Crippen molar-refractivity contribution in [3.63, 3.8) is 0 Å². The van der Waals surface area contributed by atoms with Gasteiger partial charge in [0.05, 0.1) is 22.2 Å². The smallest absolute Gasteiger partial charge is 0.341 e. The molecule has 1 aliphatic carbocycles. The molecule has 1 aromatic carbocycles. The molecule has 1 aromatic heterocycles. The van der Waals surface area contributed by atoms with Gasteiger partial charge in [-0.25, -0.2) is 9.18 Å². The summed E-state index contributed by atoms with van der Waals surface area (Å²) >= 11 is 0. The topological polar surface area (TPSA) is 249 Å². The summed E-state index contributed by atoms with van der Waals surface area (Å²) < 4.78 is 16.7. The number of aromatic carboxylic acids is 1. The molecule has 4 rings (SSSR count). The van der Waals surface area contributed by atoms with Crippen molar-refractivity contribution in [2.75, 3.05) is 24.5 Å². The number of hydrogen-bond donors (Lipinski definition) is 2. The Morgan fingerprint density at radius 2 is 1.84 bits per heavy atom. The summed E-state index contributed by atoms with van der Waals surface area (Å²) in [4.78, 5) is 37.9. The van der Waals surface area contributed by atoms with Crippen molar-refractivity contribution in [1.82, 2.24) is 9.88 Å². The van der Waals surface area contributed by atoms with Crippen LogP contribution in [0.3, 0.4) is 0 Å². The summed E-state index contributed by atoms with van der Waals surface area (Å²) in [5.74, 6) is -2.04. The summed E-state index contributed by atoms with van der Waals surface area (Å²) in [6, 6.07) is 1.23. The molecule has 2 heterocycles. The van der Waals surface area contributed by atoms with Gasteiger partial charge in [-0.05, 0) is 25.8 Å². The molecule has 32 heavy (non-hydrogen) atoms. The number of pyridine rings is 1. The summed E-state index contributed by atoms with van der Waals surface area (Å²) in [6.07, 6.45) is 3.52. The summed E-state index contributed by atoms with van der Waals surface area (Å²) in [5, 5.41) is 12.6. The van der Waals surface area contributed by atoms with Crippen LogP contribution in [0.5, 0.6) is 0 Å². The third-order valence-electron chi connectivity index (χ3n) is 5.25. The average Bonchev–Trinajstić information content (AvgIpc) is 3.46. The van der Waals surface area contributed by atoms with E-state index in [1.807, 2.05) is 11.8 Å². The third-order valence-corrected chi connectivity index (χ3v) is 5.25. The molecule has 12 nitrogen and oxygen atoms in total. The first kappa shape index (κ1) is 31.2. The Morgan fingerprint density at radius 1 is 1.22 bits per heavy atom. The van der Waals surface area contributed by atoms with Gasteiger partial charge in [0, 0.05) is 37.9 Å². The van der Waals surface area contributed by atoms with Crippen LogP contribution < -0.4 is 15.6 Å². The highest BCUT2D eigenvalue weighted by atomic mass is 19.1. The van der Waals surface area contributed by atoms with Crippen LogP contribution in [-0.4, -0.2) is 75.0 Å². The number of nitrogens with zero attached hydrogens (tertiary/aromatic N) is 2. The molecule has 0 amide bonds. The SMILES string of the molecule is CC1CN(c2c(F)cc3c(=O)c(C(=O)O)cn(C4CC4)c3c2C=O)CCN1.O.O.O.O.O. The minimum Gasteiger partial charge on any atom is -0.477 e. The second-order valence-corrected chi connectivity index (χ2v) is 7.25. The fourth-order valence-corrected chi connectivity index (χ4v) is 3.87. The highest BCUT2D eigenvalue weighted by molar-refractivity contribution is 6.04. The van der Waals surface area contributed by atoms with Crippen LogP contribution in [0.2, 0.25) is 0 Å². The maximum atomic E-state index is 15.0. The lowest BCUT2D eigenvalue weighted by Crippen LogP contribution is -2.49. The number of hydrogen-bond acceptors (Lipinski definition) is 5. The van der Waals surface area contributed by atoms with E-state index in [0.29, 0.717) is 31.4 Å². The largest absolute Gasteiger partial charge is 0.477 e. The molecule has 1 aliphatic heterocycles. The number of halogens is 1. The van der Waals surface area contributed by atoms with Gasteiger partial charge in [-0.2, -0.15) is 0 Å². The number of piperazine rings is 1. The van der Waals surface area contributed by atoms with Crippen LogP contribution in [0.4, 0.5) is 10.1 Å². The Morgan fingerprint density at radius 3 is 2.34 bits per heavy atom. The van der Waals surface area contributed by atoms with E-state index in [0.717, 1.165) is 18.9 Å². The molecule has 0 bridgehead atoms. The fraction of sp³-hybridized carbons (Fsp3) is 0.421. The van der Waals surface area contributed by atoms with E-state index in [-0.39, 0.29) is 56.1 Å². The number of aldehydes is 1. The van der Waals surface area contributed by atoms with Crippen molar-refractivity contribution in [2.45, 2.75) is 31.8 Å². The van der Waals surface area contributed by atoms with Gasteiger partial charge >= 0.3 is 5.97 Å². The lowest BCUT2D eigenvalue weighted by molar-refractivity contribution is 0.0694. The lowest BCUT2D eigenvalue weighted by Gasteiger charge is -2.35. The monoisotopic (exact) mass is 463 g/mol. The number of rotatable bonds is 4. The second-order valence-electron chi connectivity index (χ2n) is 7.25. The quantitative estimate of drug-likeness (QED) is 0.469. The predicted molar refractivity (Wildman–Crippen MR) is 117 cm³/mol. The lowest BCUT2D eigenvalue weighted by atomic mass is 10.0. The zero-order valence-electron chi connectivity index (χ0n) is 17.4. The van der Waals surface area contributed by atoms with Gasteiger partial charge < -0.3 is 47.3 Å². The zero-order valence-corrected chi connectivity index (χ0v) is 17.4. The minimum atomic E-state index is -1.36. The molecular formula is C19H30FN3O9. The standard InChI is InChI=1S/C19H20FN3O4.5H2O/c1-10-7-22(5-4-21-10)17-14(9-24)16-12(6-15(17)20)18(25)13(19(26)27)8-23(16)11-2-3-11;;;;;/h6,8-11,21H,2-5,7H2,1H3,(H,26,27);5*1H2. The Hall–Kier alpha value is -2.94. The molecule has 1 saturated heterocycles. The molecule has 12 N–H and O–H groups in total.